The summed E-state index contributed by atoms with van der Waals surface area (Å²) in [6, 6.07) is 42.4. The molecule has 2 unspecified atom stereocenters. The maximum atomic E-state index is 7.78. The molecule has 0 amide bonds. The van der Waals surface area contributed by atoms with E-state index in [4.69, 9.17) is 9.47 Å². The Hall–Kier alpha value is -4.22. The highest BCUT2D eigenvalue weighted by molar-refractivity contribution is 7.80. The molecular formula is C52H54O2P2. The molecule has 0 radical (unpaired) electrons. The predicted molar refractivity (Wildman–Crippen MR) is 240 cm³/mol. The normalized spacial score (nSPS) is 19.8. The SMILES string of the molecule is Cc1cc(C)cc(P(c2cc(C)cc(C)c2)c2cccc3c2OC24Oc5c(cccc5P(c5cc(C)cc(C)c5)c5cc(C)cc(C)c5)CC2CCCC4C3)c1. The molecule has 1 spiro atoms. The van der Waals surface area contributed by atoms with E-state index in [0.717, 1.165) is 37.2 Å². The Balaban J connectivity index is 1.22. The average molecular weight is 773 g/mol. The molecule has 1 aliphatic carbocycles. The summed E-state index contributed by atoms with van der Waals surface area (Å²) >= 11 is 0. The summed E-state index contributed by atoms with van der Waals surface area (Å²) in [6.45, 7) is 17.8. The first-order valence-corrected chi connectivity index (χ1v) is 23.2. The topological polar surface area (TPSA) is 18.5 Å². The number of fused-ring (bicyclic) bond motifs is 2. The van der Waals surface area contributed by atoms with Crippen LogP contribution in [0.15, 0.2) is 109 Å². The lowest BCUT2D eigenvalue weighted by Gasteiger charge is -2.54. The van der Waals surface area contributed by atoms with Crippen molar-refractivity contribution in [1.29, 1.82) is 0 Å². The fraction of sp³-hybridized carbons (Fsp3) is 0.308. The Morgan fingerprint density at radius 2 is 0.732 bits per heavy atom. The first-order valence-electron chi connectivity index (χ1n) is 20.5. The van der Waals surface area contributed by atoms with Gasteiger partial charge < -0.3 is 9.47 Å². The Kier molecular flexibility index (Phi) is 9.75. The minimum absolute atomic E-state index is 0.285. The van der Waals surface area contributed by atoms with Gasteiger partial charge in [-0.1, -0.05) is 160 Å². The van der Waals surface area contributed by atoms with Gasteiger partial charge in [-0.05, 0) is 129 Å². The number of hydrogen-bond donors (Lipinski definition) is 0. The number of rotatable bonds is 6. The fourth-order valence-corrected chi connectivity index (χ4v) is 15.9. The van der Waals surface area contributed by atoms with Crippen molar-refractivity contribution in [2.45, 2.75) is 93.3 Å². The zero-order valence-electron chi connectivity index (χ0n) is 34.3. The van der Waals surface area contributed by atoms with Gasteiger partial charge in [0.15, 0.2) is 0 Å². The molecule has 284 valence electrons. The van der Waals surface area contributed by atoms with E-state index < -0.39 is 21.6 Å². The van der Waals surface area contributed by atoms with E-state index in [9.17, 15) is 0 Å². The third-order valence-electron chi connectivity index (χ3n) is 12.2. The summed E-state index contributed by atoms with van der Waals surface area (Å²) in [5, 5.41) is 8.13. The van der Waals surface area contributed by atoms with Gasteiger partial charge in [0.25, 0.3) is 5.79 Å². The second-order valence-electron chi connectivity index (χ2n) is 17.2. The van der Waals surface area contributed by atoms with Crippen LogP contribution in [0.25, 0.3) is 0 Å². The van der Waals surface area contributed by atoms with Crippen LogP contribution in [0.3, 0.4) is 0 Å². The molecule has 4 heteroatoms. The predicted octanol–water partition coefficient (Wildman–Crippen LogP) is 10.4. The lowest BCUT2D eigenvalue weighted by Crippen LogP contribution is -2.62. The highest BCUT2D eigenvalue weighted by Crippen LogP contribution is 2.55. The van der Waals surface area contributed by atoms with Crippen LogP contribution in [-0.4, -0.2) is 5.79 Å². The molecule has 6 aromatic rings. The number of aryl methyl sites for hydroxylation is 8. The second-order valence-corrected chi connectivity index (χ2v) is 21.6. The van der Waals surface area contributed by atoms with Crippen molar-refractivity contribution in [3.05, 3.63) is 165 Å². The average Bonchev–Trinajstić information content (AvgIpc) is 3.11. The smallest absolute Gasteiger partial charge is 0.257 e. The van der Waals surface area contributed by atoms with E-state index >= 15 is 0 Å². The summed E-state index contributed by atoms with van der Waals surface area (Å²) in [6.07, 6.45) is 5.39. The Labute approximate surface area is 337 Å². The van der Waals surface area contributed by atoms with E-state index in [1.165, 1.54) is 93.9 Å². The third kappa shape index (κ3) is 6.82. The van der Waals surface area contributed by atoms with Gasteiger partial charge >= 0.3 is 0 Å². The molecule has 0 saturated heterocycles. The first kappa shape index (κ1) is 37.4. The summed E-state index contributed by atoms with van der Waals surface area (Å²) in [5.41, 5.74) is 13.1. The van der Waals surface area contributed by atoms with Crippen LogP contribution in [-0.2, 0) is 12.8 Å². The first-order chi connectivity index (χ1) is 26.9. The summed E-state index contributed by atoms with van der Waals surface area (Å²) in [5.74, 6) is 1.97. The minimum Gasteiger partial charge on any atom is -0.451 e. The van der Waals surface area contributed by atoms with Crippen molar-refractivity contribution < 1.29 is 9.47 Å². The van der Waals surface area contributed by atoms with Gasteiger partial charge in [-0.25, -0.2) is 0 Å². The number of benzene rings is 6. The Morgan fingerprint density at radius 1 is 0.429 bits per heavy atom. The van der Waals surface area contributed by atoms with Crippen molar-refractivity contribution in [2.24, 2.45) is 11.8 Å². The summed E-state index contributed by atoms with van der Waals surface area (Å²) in [4.78, 5) is 0. The van der Waals surface area contributed by atoms with Gasteiger partial charge in [-0.2, -0.15) is 0 Å². The summed E-state index contributed by atoms with van der Waals surface area (Å²) < 4.78 is 15.6. The highest BCUT2D eigenvalue weighted by Gasteiger charge is 2.57. The lowest BCUT2D eigenvalue weighted by molar-refractivity contribution is -0.225. The molecule has 0 aromatic heterocycles. The van der Waals surface area contributed by atoms with Gasteiger partial charge in [-0.3, -0.25) is 0 Å². The van der Waals surface area contributed by atoms with Crippen LogP contribution >= 0.6 is 15.8 Å². The molecule has 56 heavy (non-hydrogen) atoms. The van der Waals surface area contributed by atoms with Crippen molar-refractivity contribution in [1.82, 2.24) is 0 Å². The monoisotopic (exact) mass is 772 g/mol. The molecule has 9 rings (SSSR count). The van der Waals surface area contributed by atoms with Crippen LogP contribution in [0.1, 0.15) is 74.9 Å². The molecule has 1 saturated carbocycles. The van der Waals surface area contributed by atoms with Crippen LogP contribution < -0.4 is 41.3 Å². The number of hydrogen-bond acceptors (Lipinski definition) is 2. The molecule has 3 aliphatic rings. The van der Waals surface area contributed by atoms with E-state index in [1.807, 2.05) is 0 Å². The van der Waals surface area contributed by atoms with Crippen LogP contribution in [0.4, 0.5) is 0 Å². The molecule has 0 N–H and O–H groups in total. The molecule has 2 atom stereocenters. The fourth-order valence-electron chi connectivity index (χ4n) is 10.3. The molecule has 0 bridgehead atoms. The van der Waals surface area contributed by atoms with Crippen molar-refractivity contribution in [2.75, 3.05) is 0 Å². The molecule has 6 aromatic carbocycles. The van der Waals surface area contributed by atoms with E-state index in [2.05, 4.69) is 165 Å². The minimum atomic E-state index is -0.898. The second kappa shape index (κ2) is 14.6. The van der Waals surface area contributed by atoms with Gasteiger partial charge in [0, 0.05) is 22.4 Å². The zero-order valence-corrected chi connectivity index (χ0v) is 36.1. The lowest BCUT2D eigenvalue weighted by atomic mass is 9.68. The molecule has 2 nitrogen and oxygen atoms in total. The molecule has 2 heterocycles. The van der Waals surface area contributed by atoms with E-state index in [1.54, 1.807) is 0 Å². The van der Waals surface area contributed by atoms with E-state index in [-0.39, 0.29) is 11.8 Å². The van der Waals surface area contributed by atoms with Crippen LogP contribution in [0.5, 0.6) is 11.5 Å². The molecule has 1 fully saturated rings. The van der Waals surface area contributed by atoms with Gasteiger partial charge in [0.2, 0.25) is 0 Å². The Morgan fingerprint density at radius 3 is 1.04 bits per heavy atom. The van der Waals surface area contributed by atoms with Gasteiger partial charge in [0.1, 0.15) is 11.5 Å². The van der Waals surface area contributed by atoms with Gasteiger partial charge in [0.05, 0.1) is 0 Å². The van der Waals surface area contributed by atoms with Crippen LogP contribution in [0, 0.1) is 67.2 Å². The Bertz CT molecular complexity index is 2140. The molecular weight excluding hydrogens is 719 g/mol. The standard InChI is InChI=1S/C52H54O2P2/c1-32-18-33(2)23-44(22-32)55(45-24-34(3)19-35(4)25-45)48-16-9-12-40-30-42-14-11-15-43-31-41-13-10-17-49(51(41)54-52(42,43)53-50(40)48)56(46-26-36(5)20-37(6)27-46)47-28-38(7)21-39(8)29-47/h9-10,12-13,16-29,42-43H,11,14-15,30-31H2,1-8H3. The number of ether oxygens (including phenoxy) is 2. The van der Waals surface area contributed by atoms with Gasteiger partial charge in [-0.15, -0.1) is 0 Å². The largest absolute Gasteiger partial charge is 0.451 e. The maximum absolute atomic E-state index is 7.78. The van der Waals surface area contributed by atoms with E-state index in [0.29, 0.717) is 0 Å². The van der Waals surface area contributed by atoms with Crippen molar-refractivity contribution >= 4 is 47.7 Å². The number of para-hydroxylation sites is 2. The van der Waals surface area contributed by atoms with Crippen LogP contribution in [0.2, 0.25) is 0 Å². The van der Waals surface area contributed by atoms with Crippen molar-refractivity contribution in [3.63, 3.8) is 0 Å². The zero-order chi connectivity index (χ0) is 38.9. The van der Waals surface area contributed by atoms with Crippen molar-refractivity contribution in [3.8, 4) is 11.5 Å². The highest BCUT2D eigenvalue weighted by atomic mass is 31.1. The summed E-state index contributed by atoms with van der Waals surface area (Å²) in [7, 11) is -1.80. The maximum Gasteiger partial charge on any atom is 0.257 e. The third-order valence-corrected chi connectivity index (χ3v) is 17.0. The molecule has 2 aliphatic heterocycles. The quantitative estimate of drug-likeness (QED) is 0.157.